The van der Waals surface area contributed by atoms with Crippen molar-refractivity contribution < 1.29 is 12.4 Å². The van der Waals surface area contributed by atoms with Gasteiger partial charge in [0.05, 0.1) is 19.6 Å². The number of nitrogens with two attached hydrogens (primary N) is 1. The lowest BCUT2D eigenvalue weighted by Gasteiger charge is -2.35. The molecule has 2 N–H and O–H groups in total. The average Bonchev–Trinajstić information content (AvgIpc) is 2.24. The lowest BCUT2D eigenvalue weighted by atomic mass is 10.2. The van der Waals surface area contributed by atoms with Gasteiger partial charge in [-0.1, -0.05) is 0 Å². The van der Waals surface area contributed by atoms with Crippen molar-refractivity contribution in [1.29, 1.82) is 0 Å². The summed E-state index contributed by atoms with van der Waals surface area (Å²) in [7, 11) is 0. The number of benzene rings is 1. The van der Waals surface area contributed by atoms with Gasteiger partial charge in [0.2, 0.25) is 0 Å². The normalized spacial score (nSPS) is 10.9. The van der Waals surface area contributed by atoms with Gasteiger partial charge in [-0.05, 0) is 32.9 Å². The molecule has 0 aliphatic carbocycles. The highest BCUT2D eigenvalue weighted by atomic mass is 35.5. The van der Waals surface area contributed by atoms with Gasteiger partial charge in [0.1, 0.15) is 5.69 Å². The summed E-state index contributed by atoms with van der Waals surface area (Å²) in [6.07, 6.45) is 0. The standard InChI is InChI=1S/C12H21N2.ClH/c1-4-14(5-2,6-3)12-9-7-11(13)8-10-12;/h7-10H,4-6,13H2,1-3H3;1H/q+1;/p-1. The van der Waals surface area contributed by atoms with Crippen LogP contribution in [-0.2, 0) is 0 Å². The minimum Gasteiger partial charge on any atom is -1.00 e. The molecule has 0 radical (unpaired) electrons. The Morgan fingerprint density at radius 1 is 0.933 bits per heavy atom. The summed E-state index contributed by atoms with van der Waals surface area (Å²) in [4.78, 5) is 0. The Labute approximate surface area is 99.1 Å². The van der Waals surface area contributed by atoms with Crippen LogP contribution in [0, 0.1) is 0 Å². The molecule has 1 rings (SSSR count). The molecule has 0 heterocycles. The molecule has 1 aromatic carbocycles. The Balaban J connectivity index is 0.00000196. The molecule has 0 bridgehead atoms. The van der Waals surface area contributed by atoms with Crippen LogP contribution in [0.15, 0.2) is 24.3 Å². The molecule has 0 unspecified atom stereocenters. The first kappa shape index (κ1) is 14.3. The number of quaternary nitrogens is 1. The lowest BCUT2D eigenvalue weighted by molar-refractivity contribution is -0.00000309. The largest absolute Gasteiger partial charge is 1.00 e. The first-order chi connectivity index (χ1) is 6.68. The number of hydrogen-bond acceptors (Lipinski definition) is 1. The second-order valence-electron chi connectivity index (χ2n) is 3.69. The fourth-order valence-electron chi connectivity index (χ4n) is 2.01. The predicted molar refractivity (Wildman–Crippen MR) is 64.3 cm³/mol. The highest BCUT2D eigenvalue weighted by molar-refractivity contribution is 5.50. The van der Waals surface area contributed by atoms with Crippen molar-refractivity contribution in [2.24, 2.45) is 0 Å². The van der Waals surface area contributed by atoms with Gasteiger partial charge in [-0.25, -0.2) is 0 Å². The lowest BCUT2D eigenvalue weighted by Crippen LogP contribution is -3.00. The molecule has 0 atom stereocenters. The summed E-state index contributed by atoms with van der Waals surface area (Å²) in [6.45, 7) is 10.1. The number of rotatable bonds is 4. The van der Waals surface area contributed by atoms with Gasteiger partial charge in [-0.3, -0.25) is 4.48 Å². The summed E-state index contributed by atoms with van der Waals surface area (Å²) in [5.74, 6) is 0. The van der Waals surface area contributed by atoms with E-state index in [1.165, 1.54) is 5.69 Å². The Bertz CT molecular complexity index is 270. The van der Waals surface area contributed by atoms with Gasteiger partial charge in [-0.2, -0.15) is 0 Å². The van der Waals surface area contributed by atoms with E-state index >= 15 is 0 Å². The smallest absolute Gasteiger partial charge is 0.132 e. The molecule has 3 heteroatoms. The second kappa shape index (κ2) is 5.99. The molecule has 0 fully saturated rings. The third-order valence-electron chi connectivity index (χ3n) is 3.26. The van der Waals surface area contributed by atoms with Crippen LogP contribution >= 0.6 is 0 Å². The van der Waals surface area contributed by atoms with Crippen LogP contribution in [0.2, 0.25) is 0 Å². The van der Waals surface area contributed by atoms with Gasteiger partial charge in [0.15, 0.2) is 0 Å². The number of nitrogens with zero attached hydrogens (tertiary/aromatic N) is 1. The van der Waals surface area contributed by atoms with Gasteiger partial charge >= 0.3 is 0 Å². The number of nitrogen functional groups attached to an aromatic ring is 1. The van der Waals surface area contributed by atoms with E-state index in [2.05, 4.69) is 32.9 Å². The molecular weight excluding hydrogens is 208 g/mol. The Hall–Kier alpha value is -0.730. The van der Waals surface area contributed by atoms with Crippen molar-refractivity contribution in [3.05, 3.63) is 24.3 Å². The van der Waals surface area contributed by atoms with E-state index in [-0.39, 0.29) is 12.4 Å². The molecule has 0 amide bonds. The quantitative estimate of drug-likeness (QED) is 0.553. The summed E-state index contributed by atoms with van der Waals surface area (Å²) in [5.41, 5.74) is 7.90. The van der Waals surface area contributed by atoms with Crippen molar-refractivity contribution in [1.82, 2.24) is 4.48 Å². The van der Waals surface area contributed by atoms with Crippen molar-refractivity contribution in [3.63, 3.8) is 0 Å². The molecule has 0 saturated carbocycles. The zero-order valence-corrected chi connectivity index (χ0v) is 10.6. The van der Waals surface area contributed by atoms with Crippen LogP contribution in [0.5, 0.6) is 0 Å². The maximum Gasteiger partial charge on any atom is 0.132 e. The van der Waals surface area contributed by atoms with E-state index in [0.717, 1.165) is 29.8 Å². The molecule has 1 aromatic rings. The van der Waals surface area contributed by atoms with E-state index in [1.807, 2.05) is 12.1 Å². The maximum absolute atomic E-state index is 5.69. The van der Waals surface area contributed by atoms with E-state index in [4.69, 9.17) is 5.73 Å². The molecule has 2 nitrogen and oxygen atoms in total. The fraction of sp³-hybridized carbons (Fsp3) is 0.500. The number of hydrogen-bond donors (Lipinski definition) is 1. The van der Waals surface area contributed by atoms with E-state index < -0.39 is 0 Å². The molecule has 86 valence electrons. The molecular formula is C12H21ClN2. The third kappa shape index (κ3) is 2.86. The van der Waals surface area contributed by atoms with Gasteiger partial charge in [0.25, 0.3) is 0 Å². The highest BCUT2D eigenvalue weighted by Crippen LogP contribution is 2.23. The third-order valence-corrected chi connectivity index (χ3v) is 3.26. The van der Waals surface area contributed by atoms with Crippen molar-refractivity contribution in [2.45, 2.75) is 20.8 Å². The minimum absolute atomic E-state index is 0. The first-order valence-corrected chi connectivity index (χ1v) is 5.40. The van der Waals surface area contributed by atoms with Gasteiger partial charge in [0, 0.05) is 17.8 Å². The number of halogens is 1. The molecule has 0 saturated heterocycles. The van der Waals surface area contributed by atoms with Crippen molar-refractivity contribution in [3.8, 4) is 0 Å². The van der Waals surface area contributed by atoms with Crippen molar-refractivity contribution >= 4 is 11.4 Å². The minimum atomic E-state index is 0. The van der Waals surface area contributed by atoms with E-state index in [9.17, 15) is 0 Å². The Morgan fingerprint density at radius 3 is 1.67 bits per heavy atom. The monoisotopic (exact) mass is 228 g/mol. The van der Waals surface area contributed by atoms with Gasteiger partial charge < -0.3 is 18.1 Å². The summed E-state index contributed by atoms with van der Waals surface area (Å²) in [6, 6.07) is 8.27. The molecule has 0 spiro atoms. The molecule has 0 aliphatic heterocycles. The van der Waals surface area contributed by atoms with Crippen LogP contribution in [-0.4, -0.2) is 19.6 Å². The predicted octanol–water partition coefficient (Wildman–Crippen LogP) is -0.360. The molecule has 15 heavy (non-hydrogen) atoms. The average molecular weight is 229 g/mol. The SMILES string of the molecule is CC[N+](CC)(CC)c1ccc(N)cc1.[Cl-]. The van der Waals surface area contributed by atoms with Crippen LogP contribution in [0.1, 0.15) is 20.8 Å². The summed E-state index contributed by atoms with van der Waals surface area (Å²) >= 11 is 0. The van der Waals surface area contributed by atoms with Crippen LogP contribution in [0.3, 0.4) is 0 Å². The summed E-state index contributed by atoms with van der Waals surface area (Å²) in [5, 5.41) is 0. The Kier molecular flexibility index (Phi) is 5.69. The van der Waals surface area contributed by atoms with Crippen LogP contribution in [0.25, 0.3) is 0 Å². The van der Waals surface area contributed by atoms with Crippen LogP contribution in [0.4, 0.5) is 11.4 Å². The molecule has 0 aromatic heterocycles. The molecule has 0 aliphatic rings. The van der Waals surface area contributed by atoms with Gasteiger partial charge in [-0.15, -0.1) is 0 Å². The summed E-state index contributed by atoms with van der Waals surface area (Å²) < 4.78 is 1.04. The fourth-order valence-corrected chi connectivity index (χ4v) is 2.01. The maximum atomic E-state index is 5.69. The zero-order valence-electron chi connectivity index (χ0n) is 9.83. The van der Waals surface area contributed by atoms with E-state index in [1.54, 1.807) is 0 Å². The van der Waals surface area contributed by atoms with Crippen molar-refractivity contribution in [2.75, 3.05) is 25.4 Å². The Morgan fingerprint density at radius 2 is 1.33 bits per heavy atom. The second-order valence-corrected chi connectivity index (χ2v) is 3.69. The zero-order chi connectivity index (χ0) is 10.6. The van der Waals surface area contributed by atoms with E-state index in [0.29, 0.717) is 0 Å². The van der Waals surface area contributed by atoms with Crippen LogP contribution < -0.4 is 22.6 Å². The number of anilines is 1. The topological polar surface area (TPSA) is 26.0 Å². The highest BCUT2D eigenvalue weighted by Gasteiger charge is 2.23. The first-order valence-electron chi connectivity index (χ1n) is 5.40.